The molecule has 3 aromatic rings. The van der Waals surface area contributed by atoms with E-state index < -0.39 is 0 Å². The highest BCUT2D eigenvalue weighted by Gasteiger charge is 2.17. The van der Waals surface area contributed by atoms with Crippen molar-refractivity contribution in [2.75, 3.05) is 20.3 Å². The van der Waals surface area contributed by atoms with E-state index in [2.05, 4.69) is 17.1 Å². The molecule has 0 saturated heterocycles. The van der Waals surface area contributed by atoms with Gasteiger partial charge in [0.2, 0.25) is 5.91 Å². The number of ether oxygens (including phenoxy) is 2. The van der Waals surface area contributed by atoms with Gasteiger partial charge in [-0.1, -0.05) is 42.5 Å². The molecule has 0 saturated carbocycles. The molecule has 0 fully saturated rings. The lowest BCUT2D eigenvalue weighted by atomic mass is 10.1. The van der Waals surface area contributed by atoms with Gasteiger partial charge in [0.1, 0.15) is 6.61 Å². The number of para-hydroxylation sites is 2. The molecule has 5 nitrogen and oxygen atoms in total. The second kappa shape index (κ2) is 9.15. The Morgan fingerprint density at radius 2 is 1.77 bits per heavy atom. The number of nitrogens with zero attached hydrogens (tertiary/aromatic N) is 2. The monoisotopic (exact) mass is 352 g/mol. The third kappa shape index (κ3) is 4.49. The lowest BCUT2D eigenvalue weighted by Gasteiger charge is -2.09. The van der Waals surface area contributed by atoms with Gasteiger partial charge in [-0.15, -0.1) is 0 Å². The molecular formula is C21H24N2O3. The standard InChI is InChI=1S/C21H24N2O3/c1-25-15-16-26-21-22-18-12-6-7-13-19(18)23(21)20(24)14-8-5-11-17-9-3-2-4-10-17/h2-4,6-7,9-10,12-13H,5,8,11,14-16H2,1H3. The van der Waals surface area contributed by atoms with Gasteiger partial charge in [-0.05, 0) is 37.0 Å². The van der Waals surface area contributed by atoms with Gasteiger partial charge in [0, 0.05) is 13.5 Å². The first-order valence-corrected chi connectivity index (χ1v) is 8.96. The summed E-state index contributed by atoms with van der Waals surface area (Å²) >= 11 is 0. The number of rotatable bonds is 9. The SMILES string of the molecule is COCCOc1nc2ccccc2n1C(=O)CCCCc1ccccc1. The quantitative estimate of drug-likeness (QED) is 0.544. The van der Waals surface area contributed by atoms with Crippen LogP contribution in [0.15, 0.2) is 54.6 Å². The largest absolute Gasteiger partial charge is 0.462 e. The van der Waals surface area contributed by atoms with E-state index in [4.69, 9.17) is 9.47 Å². The van der Waals surface area contributed by atoms with E-state index in [0.29, 0.717) is 25.6 Å². The number of carbonyl (C=O) groups excluding carboxylic acids is 1. The molecule has 26 heavy (non-hydrogen) atoms. The molecule has 5 heteroatoms. The van der Waals surface area contributed by atoms with Crippen LogP contribution in [0.4, 0.5) is 0 Å². The molecule has 3 rings (SSSR count). The van der Waals surface area contributed by atoms with Crippen LogP contribution in [0, 0.1) is 0 Å². The summed E-state index contributed by atoms with van der Waals surface area (Å²) < 4.78 is 12.3. The van der Waals surface area contributed by atoms with Gasteiger partial charge in [0.05, 0.1) is 17.6 Å². The van der Waals surface area contributed by atoms with Crippen molar-refractivity contribution >= 4 is 16.9 Å². The Hall–Kier alpha value is -2.66. The average molecular weight is 352 g/mol. The number of fused-ring (bicyclic) bond motifs is 1. The normalized spacial score (nSPS) is 11.0. The first-order valence-electron chi connectivity index (χ1n) is 8.96. The predicted molar refractivity (Wildman–Crippen MR) is 102 cm³/mol. The van der Waals surface area contributed by atoms with Crippen LogP contribution in [0.2, 0.25) is 0 Å². The number of hydrogen-bond donors (Lipinski definition) is 0. The highest BCUT2D eigenvalue weighted by Crippen LogP contribution is 2.22. The summed E-state index contributed by atoms with van der Waals surface area (Å²) in [4.78, 5) is 17.2. The summed E-state index contributed by atoms with van der Waals surface area (Å²) in [5.74, 6) is 0.0131. The van der Waals surface area contributed by atoms with Crippen molar-refractivity contribution in [2.24, 2.45) is 0 Å². The molecule has 0 unspecified atom stereocenters. The molecule has 0 radical (unpaired) electrons. The zero-order valence-corrected chi connectivity index (χ0v) is 15.1. The Balaban J connectivity index is 1.65. The summed E-state index contributed by atoms with van der Waals surface area (Å²) in [5, 5.41) is 0. The fourth-order valence-electron chi connectivity index (χ4n) is 2.92. The molecule has 0 aliphatic carbocycles. The summed E-state index contributed by atoms with van der Waals surface area (Å²) in [7, 11) is 1.62. The maximum absolute atomic E-state index is 12.8. The minimum absolute atomic E-state index is 0.0131. The topological polar surface area (TPSA) is 53.4 Å². The van der Waals surface area contributed by atoms with Crippen molar-refractivity contribution in [3.8, 4) is 6.01 Å². The van der Waals surface area contributed by atoms with E-state index in [0.717, 1.165) is 30.3 Å². The second-order valence-corrected chi connectivity index (χ2v) is 6.15. The molecule has 2 aromatic carbocycles. The van der Waals surface area contributed by atoms with Gasteiger partial charge < -0.3 is 9.47 Å². The molecule has 1 heterocycles. The number of hydrogen-bond acceptors (Lipinski definition) is 4. The maximum Gasteiger partial charge on any atom is 0.304 e. The lowest BCUT2D eigenvalue weighted by molar-refractivity contribution is 0.0877. The Morgan fingerprint density at radius 1 is 1.00 bits per heavy atom. The molecule has 0 bridgehead atoms. The smallest absolute Gasteiger partial charge is 0.304 e. The number of aromatic nitrogens is 2. The van der Waals surface area contributed by atoms with Crippen LogP contribution in [-0.4, -0.2) is 35.8 Å². The first-order chi connectivity index (χ1) is 12.8. The Bertz CT molecular complexity index is 843. The number of carbonyl (C=O) groups is 1. The summed E-state index contributed by atoms with van der Waals surface area (Å²) in [6, 6.07) is 18.3. The number of imidazole rings is 1. The first kappa shape index (κ1) is 18.1. The van der Waals surface area contributed by atoms with Crippen LogP contribution in [0.3, 0.4) is 0 Å². The van der Waals surface area contributed by atoms with Crippen LogP contribution in [0.1, 0.15) is 29.6 Å². The van der Waals surface area contributed by atoms with E-state index in [1.807, 2.05) is 42.5 Å². The van der Waals surface area contributed by atoms with Crippen LogP contribution >= 0.6 is 0 Å². The third-order valence-electron chi connectivity index (χ3n) is 4.25. The molecule has 0 aliphatic heterocycles. The van der Waals surface area contributed by atoms with Crippen molar-refractivity contribution in [2.45, 2.75) is 25.7 Å². The summed E-state index contributed by atoms with van der Waals surface area (Å²) in [6.07, 6.45) is 3.25. The van der Waals surface area contributed by atoms with Crippen molar-refractivity contribution in [3.05, 3.63) is 60.2 Å². The molecule has 0 atom stereocenters. The zero-order chi connectivity index (χ0) is 18.2. The highest BCUT2D eigenvalue weighted by atomic mass is 16.5. The van der Waals surface area contributed by atoms with E-state index in [-0.39, 0.29) is 5.91 Å². The maximum atomic E-state index is 12.8. The molecule has 0 aliphatic rings. The number of benzene rings is 2. The zero-order valence-electron chi connectivity index (χ0n) is 15.1. The van der Waals surface area contributed by atoms with E-state index in [1.54, 1.807) is 11.7 Å². The fraction of sp³-hybridized carbons (Fsp3) is 0.333. The minimum atomic E-state index is 0.0131. The molecule has 1 aromatic heterocycles. The van der Waals surface area contributed by atoms with Gasteiger partial charge in [0.15, 0.2) is 0 Å². The predicted octanol–water partition coefficient (Wildman–Crippen LogP) is 4.11. The van der Waals surface area contributed by atoms with Gasteiger partial charge >= 0.3 is 6.01 Å². The average Bonchev–Trinajstić information content (AvgIpc) is 3.04. The van der Waals surface area contributed by atoms with Crippen molar-refractivity contribution < 1.29 is 14.3 Å². The summed E-state index contributed by atoms with van der Waals surface area (Å²) in [5.41, 5.74) is 2.85. The Morgan fingerprint density at radius 3 is 2.58 bits per heavy atom. The van der Waals surface area contributed by atoms with Crippen LogP contribution in [0.5, 0.6) is 6.01 Å². The van der Waals surface area contributed by atoms with Gasteiger partial charge in [-0.3, -0.25) is 4.79 Å². The van der Waals surface area contributed by atoms with Gasteiger partial charge in [0.25, 0.3) is 0 Å². The van der Waals surface area contributed by atoms with Crippen molar-refractivity contribution in [1.29, 1.82) is 0 Å². The van der Waals surface area contributed by atoms with Crippen LogP contribution in [0.25, 0.3) is 11.0 Å². The third-order valence-corrected chi connectivity index (χ3v) is 4.25. The lowest BCUT2D eigenvalue weighted by Crippen LogP contribution is -2.15. The summed E-state index contributed by atoms with van der Waals surface area (Å²) in [6.45, 7) is 0.815. The number of methoxy groups -OCH3 is 1. The minimum Gasteiger partial charge on any atom is -0.462 e. The van der Waals surface area contributed by atoms with Gasteiger partial charge in [-0.25, -0.2) is 4.57 Å². The van der Waals surface area contributed by atoms with Crippen molar-refractivity contribution in [1.82, 2.24) is 9.55 Å². The number of unbranched alkanes of at least 4 members (excludes halogenated alkanes) is 1. The molecule has 0 N–H and O–H groups in total. The second-order valence-electron chi connectivity index (χ2n) is 6.15. The molecular weight excluding hydrogens is 328 g/mol. The Labute approximate surface area is 153 Å². The van der Waals surface area contributed by atoms with Gasteiger partial charge in [-0.2, -0.15) is 4.98 Å². The molecule has 0 spiro atoms. The van der Waals surface area contributed by atoms with Crippen LogP contribution < -0.4 is 4.74 Å². The molecule has 136 valence electrons. The van der Waals surface area contributed by atoms with E-state index in [1.165, 1.54) is 5.56 Å². The fourth-order valence-corrected chi connectivity index (χ4v) is 2.92. The van der Waals surface area contributed by atoms with Crippen molar-refractivity contribution in [3.63, 3.8) is 0 Å². The van der Waals surface area contributed by atoms with E-state index >= 15 is 0 Å². The number of aryl methyl sites for hydroxylation is 1. The highest BCUT2D eigenvalue weighted by molar-refractivity contribution is 5.91. The Kier molecular flexibility index (Phi) is 6.39. The molecule has 0 amide bonds. The van der Waals surface area contributed by atoms with Crippen LogP contribution in [-0.2, 0) is 11.2 Å². The van der Waals surface area contributed by atoms with E-state index in [9.17, 15) is 4.79 Å².